The fourth-order valence-corrected chi connectivity index (χ4v) is 3.88. The molecule has 0 aliphatic carbocycles. The molecule has 1 unspecified atom stereocenters. The highest BCUT2D eigenvalue weighted by molar-refractivity contribution is 5.94. The van der Waals surface area contributed by atoms with Crippen LogP contribution >= 0.6 is 0 Å². The van der Waals surface area contributed by atoms with Gasteiger partial charge in [-0.1, -0.05) is 26.0 Å². The van der Waals surface area contributed by atoms with Crippen molar-refractivity contribution in [3.8, 4) is 0 Å². The monoisotopic (exact) mass is 524 g/mol. The van der Waals surface area contributed by atoms with Crippen molar-refractivity contribution in [3.05, 3.63) is 54.1 Å². The summed E-state index contributed by atoms with van der Waals surface area (Å²) in [6.45, 7) is 9.20. The summed E-state index contributed by atoms with van der Waals surface area (Å²) < 4.78 is 5.46. The van der Waals surface area contributed by atoms with E-state index in [-0.39, 0.29) is 31.0 Å². The number of carbonyl (C=O) groups excluding carboxylic acids is 4. The Morgan fingerprint density at radius 3 is 1.97 bits per heavy atom. The lowest BCUT2D eigenvalue weighted by Crippen LogP contribution is -2.42. The number of Topliss-reactive ketones (excluding diaryl/α,β-unsaturated/α-hetero) is 2. The molecule has 1 atom stereocenters. The maximum Gasteiger partial charge on any atom is 0.414 e. The molecule has 2 N–H and O–H groups in total. The molecule has 9 nitrogen and oxygen atoms in total. The van der Waals surface area contributed by atoms with Crippen LogP contribution < -0.4 is 20.4 Å². The summed E-state index contributed by atoms with van der Waals surface area (Å²) in [6, 6.07) is 13.5. The number of hydrogen-bond acceptors (Lipinski definition) is 6. The average Bonchev–Trinajstić information content (AvgIpc) is 2.89. The first kappa shape index (κ1) is 30.3. The summed E-state index contributed by atoms with van der Waals surface area (Å²) >= 11 is 0. The summed E-state index contributed by atoms with van der Waals surface area (Å²) in [5.74, 6) is -0.255. The number of ether oxygens (including phenoxy) is 1. The Hall–Kier alpha value is -3.88. The maximum absolute atomic E-state index is 12.6. The Labute approximate surface area is 225 Å². The van der Waals surface area contributed by atoms with Crippen LogP contribution in [0, 0.1) is 0 Å². The second-order valence-electron chi connectivity index (χ2n) is 9.32. The van der Waals surface area contributed by atoms with E-state index in [2.05, 4.69) is 29.4 Å². The van der Waals surface area contributed by atoms with Crippen LogP contribution in [0.5, 0.6) is 0 Å². The molecule has 0 aliphatic rings. The van der Waals surface area contributed by atoms with Gasteiger partial charge in [-0.2, -0.15) is 0 Å². The molecule has 206 valence electrons. The zero-order chi connectivity index (χ0) is 28.1. The predicted molar refractivity (Wildman–Crippen MR) is 151 cm³/mol. The van der Waals surface area contributed by atoms with Crippen LogP contribution in [0.2, 0.25) is 0 Å². The largest absolute Gasteiger partial charge is 0.444 e. The topological polar surface area (TPSA) is 108 Å². The van der Waals surface area contributed by atoms with Crippen molar-refractivity contribution in [1.29, 1.82) is 0 Å². The lowest BCUT2D eigenvalue weighted by molar-refractivity contribution is -0.119. The van der Waals surface area contributed by atoms with Crippen molar-refractivity contribution in [1.82, 2.24) is 5.32 Å². The van der Waals surface area contributed by atoms with Crippen molar-refractivity contribution in [2.75, 3.05) is 35.3 Å². The number of amides is 3. The number of urea groups is 1. The van der Waals surface area contributed by atoms with Gasteiger partial charge in [0.05, 0.1) is 6.04 Å². The summed E-state index contributed by atoms with van der Waals surface area (Å²) in [4.78, 5) is 51.6. The van der Waals surface area contributed by atoms with Gasteiger partial charge in [-0.05, 0) is 75.1 Å². The van der Waals surface area contributed by atoms with Crippen LogP contribution in [0.3, 0.4) is 0 Å². The standard InChI is InChI=1S/C29H40N4O5/c1-6-18-33(19-7-2)26-15-13-25(14-16-26)32(5)29(37)38-20-23-9-11-24(12-10-23)30-28(36)31-27(22(4)35)17-8-21(3)34/h9-16,27H,6-8,17-20H2,1-5H3,(H2,30,31,36). The smallest absolute Gasteiger partial charge is 0.414 e. The second kappa shape index (κ2) is 15.4. The van der Waals surface area contributed by atoms with Crippen LogP contribution in [-0.2, 0) is 20.9 Å². The molecule has 2 aromatic rings. The Kier molecular flexibility index (Phi) is 12.3. The molecule has 0 saturated heterocycles. The van der Waals surface area contributed by atoms with E-state index in [4.69, 9.17) is 4.74 Å². The lowest BCUT2D eigenvalue weighted by Gasteiger charge is -2.25. The van der Waals surface area contributed by atoms with Gasteiger partial charge in [0.25, 0.3) is 0 Å². The molecule has 2 aromatic carbocycles. The second-order valence-corrected chi connectivity index (χ2v) is 9.32. The highest BCUT2D eigenvalue weighted by Gasteiger charge is 2.18. The highest BCUT2D eigenvalue weighted by atomic mass is 16.6. The lowest BCUT2D eigenvalue weighted by atomic mass is 10.1. The number of nitrogens with one attached hydrogen (secondary N) is 2. The molecule has 0 aromatic heterocycles. The van der Waals surface area contributed by atoms with E-state index >= 15 is 0 Å². The predicted octanol–water partition coefficient (Wildman–Crippen LogP) is 5.53. The zero-order valence-electron chi connectivity index (χ0n) is 23.1. The van der Waals surface area contributed by atoms with E-state index in [1.165, 1.54) is 18.7 Å². The number of nitrogens with zero attached hydrogens (tertiary/aromatic N) is 2. The van der Waals surface area contributed by atoms with Gasteiger partial charge < -0.3 is 25.1 Å². The summed E-state index contributed by atoms with van der Waals surface area (Å²) in [5, 5.41) is 5.26. The van der Waals surface area contributed by atoms with Gasteiger partial charge in [-0.25, -0.2) is 9.59 Å². The SMILES string of the molecule is CCCN(CCC)c1ccc(N(C)C(=O)OCc2ccc(NC(=O)NC(CCC(C)=O)C(C)=O)cc2)cc1. The third-order valence-electron chi connectivity index (χ3n) is 6.02. The minimum absolute atomic E-state index is 0.0417. The molecule has 38 heavy (non-hydrogen) atoms. The number of carbonyl (C=O) groups is 4. The maximum atomic E-state index is 12.6. The molecule has 9 heteroatoms. The number of hydrogen-bond donors (Lipinski definition) is 2. The van der Waals surface area contributed by atoms with E-state index < -0.39 is 18.2 Å². The van der Waals surface area contributed by atoms with Gasteiger partial charge in [0, 0.05) is 43.6 Å². The first-order chi connectivity index (χ1) is 18.1. The summed E-state index contributed by atoms with van der Waals surface area (Å²) in [6.07, 6.45) is 2.15. The van der Waals surface area contributed by atoms with Gasteiger partial charge in [0.15, 0.2) is 5.78 Å². The van der Waals surface area contributed by atoms with E-state index in [1.54, 1.807) is 31.3 Å². The average molecular weight is 525 g/mol. The van der Waals surface area contributed by atoms with Gasteiger partial charge in [0.2, 0.25) is 0 Å². The van der Waals surface area contributed by atoms with Crippen LogP contribution in [0.15, 0.2) is 48.5 Å². The normalized spacial score (nSPS) is 11.3. The summed E-state index contributed by atoms with van der Waals surface area (Å²) in [5.41, 5.74) is 3.15. The number of anilines is 3. The van der Waals surface area contributed by atoms with Crippen LogP contribution in [0.4, 0.5) is 26.7 Å². The Bertz CT molecular complexity index is 1060. The Balaban J connectivity index is 1.87. The van der Waals surface area contributed by atoms with Crippen molar-refractivity contribution >= 4 is 40.8 Å². The van der Waals surface area contributed by atoms with Gasteiger partial charge in [-0.3, -0.25) is 9.69 Å². The quantitative estimate of drug-likeness (QED) is 0.336. The van der Waals surface area contributed by atoms with Gasteiger partial charge in [0.1, 0.15) is 12.4 Å². The molecule has 0 heterocycles. The number of benzene rings is 2. The number of rotatable bonds is 14. The molecular weight excluding hydrogens is 484 g/mol. The molecule has 0 aliphatic heterocycles. The fraction of sp³-hybridized carbons (Fsp3) is 0.448. The first-order valence-corrected chi connectivity index (χ1v) is 13.1. The van der Waals surface area contributed by atoms with Gasteiger partial charge in [-0.15, -0.1) is 0 Å². The van der Waals surface area contributed by atoms with Crippen molar-refractivity contribution in [2.24, 2.45) is 0 Å². The van der Waals surface area contributed by atoms with Crippen LogP contribution in [0.25, 0.3) is 0 Å². The third-order valence-corrected chi connectivity index (χ3v) is 6.02. The molecule has 0 spiro atoms. The van der Waals surface area contributed by atoms with Crippen molar-refractivity contribution in [3.63, 3.8) is 0 Å². The Morgan fingerprint density at radius 1 is 0.868 bits per heavy atom. The van der Waals surface area contributed by atoms with E-state index in [9.17, 15) is 19.2 Å². The third kappa shape index (κ3) is 9.88. The molecule has 2 rings (SSSR count). The minimum atomic E-state index is -0.725. The number of ketones is 2. The van der Waals surface area contributed by atoms with Crippen LogP contribution in [-0.4, -0.2) is 49.9 Å². The molecule has 3 amide bonds. The molecule has 0 radical (unpaired) electrons. The fourth-order valence-electron chi connectivity index (χ4n) is 3.88. The van der Waals surface area contributed by atoms with E-state index in [0.29, 0.717) is 5.69 Å². The summed E-state index contributed by atoms with van der Waals surface area (Å²) in [7, 11) is 1.67. The van der Waals surface area contributed by atoms with Crippen LogP contribution in [0.1, 0.15) is 58.9 Å². The zero-order valence-corrected chi connectivity index (χ0v) is 23.1. The van der Waals surface area contributed by atoms with Crippen molar-refractivity contribution in [2.45, 2.75) is 66.0 Å². The Morgan fingerprint density at radius 2 is 1.45 bits per heavy atom. The van der Waals surface area contributed by atoms with Crippen molar-refractivity contribution < 1.29 is 23.9 Å². The molecular formula is C29H40N4O5. The highest BCUT2D eigenvalue weighted by Crippen LogP contribution is 2.21. The molecule has 0 fully saturated rings. The van der Waals surface area contributed by atoms with E-state index in [0.717, 1.165) is 42.9 Å². The van der Waals surface area contributed by atoms with Gasteiger partial charge >= 0.3 is 12.1 Å². The van der Waals surface area contributed by atoms with E-state index in [1.807, 2.05) is 24.3 Å². The molecule has 0 bridgehead atoms. The molecule has 0 saturated carbocycles. The first-order valence-electron chi connectivity index (χ1n) is 13.1. The minimum Gasteiger partial charge on any atom is -0.444 e.